The molecule has 0 bridgehead atoms. The Balaban J connectivity index is 0.747. The van der Waals surface area contributed by atoms with Crippen LogP contribution in [-0.4, -0.2) is 111 Å². The van der Waals surface area contributed by atoms with Crippen LogP contribution < -0.4 is 20.7 Å². The van der Waals surface area contributed by atoms with Gasteiger partial charge in [-0.2, -0.15) is 5.10 Å². The zero-order valence-electron chi connectivity index (χ0n) is 31.8. The molecular formula is C43H50N10O3. The molecule has 4 saturated heterocycles. The Labute approximate surface area is 327 Å². The SMILES string of the molecule is Nc1ncnc2c1c(-c1ccc(Oc3ccccc3)cc1)nn2C1CCN(C2CCN(CCN3CCC(c4ccc(N5CCC(=O)NC5=O)cc4)CC3)C2)CC1. The number of nitrogens with one attached hydrogen (secondary N) is 1. The molecule has 6 heterocycles. The van der Waals surface area contributed by atoms with Crippen LogP contribution in [0.3, 0.4) is 0 Å². The van der Waals surface area contributed by atoms with Gasteiger partial charge in [0.1, 0.15) is 29.3 Å². The van der Waals surface area contributed by atoms with Crippen LogP contribution in [0.25, 0.3) is 22.3 Å². The zero-order valence-corrected chi connectivity index (χ0v) is 31.8. The number of rotatable bonds is 10. The molecule has 290 valence electrons. The quantitative estimate of drug-likeness (QED) is 0.177. The summed E-state index contributed by atoms with van der Waals surface area (Å²) in [5, 5.41) is 8.36. The van der Waals surface area contributed by atoms with Crippen molar-refractivity contribution in [2.45, 2.75) is 56.5 Å². The molecule has 13 nitrogen and oxygen atoms in total. The third kappa shape index (κ3) is 7.71. The maximum Gasteiger partial charge on any atom is 0.328 e. The number of ether oxygens (including phenoxy) is 1. The molecule has 1 unspecified atom stereocenters. The van der Waals surface area contributed by atoms with Crippen molar-refractivity contribution in [3.05, 3.63) is 90.8 Å². The molecule has 13 heteroatoms. The van der Waals surface area contributed by atoms with Crippen LogP contribution in [-0.2, 0) is 4.79 Å². The van der Waals surface area contributed by atoms with Crippen molar-refractivity contribution < 1.29 is 14.3 Å². The second-order valence-electron chi connectivity index (χ2n) is 15.7. The summed E-state index contributed by atoms with van der Waals surface area (Å²) in [6.45, 7) is 9.29. The van der Waals surface area contributed by atoms with Crippen LogP contribution in [0.1, 0.15) is 56.0 Å². The monoisotopic (exact) mass is 754 g/mol. The summed E-state index contributed by atoms with van der Waals surface area (Å²) in [5.41, 5.74) is 11.2. The van der Waals surface area contributed by atoms with Gasteiger partial charge >= 0.3 is 6.03 Å². The van der Waals surface area contributed by atoms with E-state index in [1.54, 1.807) is 11.2 Å². The highest BCUT2D eigenvalue weighted by Crippen LogP contribution is 2.36. The zero-order chi connectivity index (χ0) is 38.0. The maximum absolute atomic E-state index is 12.2. The number of nitrogens with two attached hydrogens (primary N) is 1. The summed E-state index contributed by atoms with van der Waals surface area (Å²) >= 11 is 0. The van der Waals surface area contributed by atoms with Crippen molar-refractivity contribution in [2.24, 2.45) is 0 Å². The Morgan fingerprint density at radius 3 is 2.18 bits per heavy atom. The van der Waals surface area contributed by atoms with Gasteiger partial charge in [-0.05, 0) is 112 Å². The maximum atomic E-state index is 12.2. The van der Waals surface area contributed by atoms with Gasteiger partial charge in [-0.1, -0.05) is 30.3 Å². The van der Waals surface area contributed by atoms with Gasteiger partial charge in [-0.25, -0.2) is 19.4 Å². The second-order valence-corrected chi connectivity index (χ2v) is 15.7. The Hall–Kier alpha value is -5.37. The third-order valence-corrected chi connectivity index (χ3v) is 12.3. The standard InChI is InChI=1S/C43H50N10O3/c44-41-39-40(32-8-12-37(13-9-32)56-36-4-2-1-3-5-36)48-53(42(39)46-29-45-41)34-17-23-51(24-18-34)35-16-22-50(28-35)27-26-49-20-14-31(15-21-49)30-6-10-33(11-7-30)52-25-19-38(54)47-43(52)55/h1-13,29,31,34-35H,14-28H2,(H2,44,45,46)(H,47,54,55). The number of fused-ring (bicyclic) bond motifs is 1. The lowest BCUT2D eigenvalue weighted by Crippen LogP contribution is -2.49. The number of benzene rings is 3. The van der Waals surface area contributed by atoms with Crippen molar-refractivity contribution in [1.82, 2.24) is 39.8 Å². The van der Waals surface area contributed by atoms with Gasteiger partial charge in [0.15, 0.2) is 5.65 Å². The van der Waals surface area contributed by atoms with E-state index in [0.29, 0.717) is 30.7 Å². The molecule has 4 aliphatic rings. The molecule has 3 aromatic carbocycles. The molecule has 4 fully saturated rings. The number of nitrogen functional groups attached to an aromatic ring is 1. The van der Waals surface area contributed by atoms with Crippen LogP contribution in [0.5, 0.6) is 11.5 Å². The van der Waals surface area contributed by atoms with Crippen LogP contribution in [0.4, 0.5) is 16.3 Å². The summed E-state index contributed by atoms with van der Waals surface area (Å²) in [6, 6.07) is 26.6. The van der Waals surface area contributed by atoms with Crippen molar-refractivity contribution in [2.75, 3.05) is 69.5 Å². The molecule has 0 radical (unpaired) electrons. The van der Waals surface area contributed by atoms with Crippen LogP contribution in [0, 0.1) is 0 Å². The first-order valence-electron chi connectivity index (χ1n) is 20.2. The number of anilines is 2. The Morgan fingerprint density at radius 2 is 1.43 bits per heavy atom. The van der Waals surface area contributed by atoms with Gasteiger partial charge in [-0.3, -0.25) is 19.9 Å². The largest absolute Gasteiger partial charge is 0.457 e. The van der Waals surface area contributed by atoms with E-state index >= 15 is 0 Å². The van der Waals surface area contributed by atoms with E-state index in [4.69, 9.17) is 15.6 Å². The minimum Gasteiger partial charge on any atom is -0.457 e. The number of hydrogen-bond donors (Lipinski definition) is 2. The fourth-order valence-electron chi connectivity index (χ4n) is 9.08. The predicted octanol–water partition coefficient (Wildman–Crippen LogP) is 5.90. The molecule has 1 atom stereocenters. The fraction of sp³-hybridized carbons (Fsp3) is 0.419. The van der Waals surface area contributed by atoms with Gasteiger partial charge in [-0.15, -0.1) is 0 Å². The first-order chi connectivity index (χ1) is 27.4. The van der Waals surface area contributed by atoms with Gasteiger partial charge in [0.05, 0.1) is 11.4 Å². The number of amides is 3. The molecule has 9 rings (SSSR count). The molecule has 0 aliphatic carbocycles. The van der Waals surface area contributed by atoms with Crippen molar-refractivity contribution in [3.63, 3.8) is 0 Å². The van der Waals surface area contributed by atoms with E-state index < -0.39 is 0 Å². The van der Waals surface area contributed by atoms with Crippen molar-refractivity contribution in [1.29, 1.82) is 0 Å². The number of piperidine rings is 2. The second kappa shape index (κ2) is 16.0. The van der Waals surface area contributed by atoms with Crippen LogP contribution in [0.2, 0.25) is 0 Å². The fourth-order valence-corrected chi connectivity index (χ4v) is 9.08. The predicted molar refractivity (Wildman–Crippen MR) is 217 cm³/mol. The highest BCUT2D eigenvalue weighted by atomic mass is 16.5. The van der Waals surface area contributed by atoms with E-state index in [1.165, 1.54) is 12.0 Å². The van der Waals surface area contributed by atoms with Gasteiger partial charge in [0.2, 0.25) is 5.91 Å². The summed E-state index contributed by atoms with van der Waals surface area (Å²) in [6.07, 6.45) is 7.45. The number of urea groups is 1. The number of hydrogen-bond acceptors (Lipinski definition) is 10. The topological polar surface area (TPSA) is 138 Å². The molecule has 0 saturated carbocycles. The minimum absolute atomic E-state index is 0.206. The van der Waals surface area contributed by atoms with Gasteiger partial charge in [0, 0.05) is 63.0 Å². The minimum atomic E-state index is -0.332. The molecule has 3 amide bonds. The number of likely N-dealkylation sites (tertiary alicyclic amines) is 3. The number of carbonyl (C=O) groups excluding carboxylic acids is 2. The van der Waals surface area contributed by atoms with Crippen molar-refractivity contribution in [3.8, 4) is 22.8 Å². The molecule has 2 aromatic heterocycles. The van der Waals surface area contributed by atoms with Gasteiger partial charge in [0.25, 0.3) is 0 Å². The number of para-hydroxylation sites is 1. The highest BCUT2D eigenvalue weighted by molar-refractivity contribution is 6.05. The number of carbonyl (C=O) groups is 2. The molecule has 3 N–H and O–H groups in total. The lowest BCUT2D eigenvalue weighted by Gasteiger charge is -2.36. The highest BCUT2D eigenvalue weighted by Gasteiger charge is 2.33. The van der Waals surface area contributed by atoms with E-state index in [2.05, 4.69) is 46.8 Å². The molecule has 5 aromatic rings. The smallest absolute Gasteiger partial charge is 0.328 e. The normalized spacial score (nSPS) is 20.9. The van der Waals surface area contributed by atoms with Crippen molar-refractivity contribution >= 4 is 34.5 Å². The van der Waals surface area contributed by atoms with Crippen LogP contribution in [0.15, 0.2) is 85.2 Å². The van der Waals surface area contributed by atoms with E-state index in [9.17, 15) is 9.59 Å². The van der Waals surface area contributed by atoms with E-state index in [0.717, 1.165) is 118 Å². The number of imide groups is 1. The summed E-state index contributed by atoms with van der Waals surface area (Å²) in [7, 11) is 0. The third-order valence-electron chi connectivity index (χ3n) is 12.3. The van der Waals surface area contributed by atoms with Gasteiger partial charge < -0.3 is 20.3 Å². The average molecular weight is 755 g/mol. The first kappa shape index (κ1) is 36.3. The first-order valence-corrected chi connectivity index (χ1v) is 20.2. The summed E-state index contributed by atoms with van der Waals surface area (Å²) < 4.78 is 8.12. The van der Waals surface area contributed by atoms with Crippen LogP contribution >= 0.6 is 0 Å². The number of aromatic nitrogens is 4. The molecule has 4 aliphatic heterocycles. The Kier molecular flexibility index (Phi) is 10.4. The lowest BCUT2D eigenvalue weighted by molar-refractivity contribution is -0.120. The molecular weight excluding hydrogens is 705 g/mol. The molecule has 56 heavy (non-hydrogen) atoms. The Bertz CT molecular complexity index is 2140. The lowest BCUT2D eigenvalue weighted by atomic mass is 9.89. The van der Waals surface area contributed by atoms with E-state index in [1.807, 2.05) is 66.7 Å². The summed E-state index contributed by atoms with van der Waals surface area (Å²) in [5.74, 6) is 2.34. The van der Waals surface area contributed by atoms with E-state index in [-0.39, 0.29) is 18.0 Å². The Morgan fingerprint density at radius 1 is 0.732 bits per heavy atom. The average Bonchev–Trinajstić information content (AvgIpc) is 3.88. The summed E-state index contributed by atoms with van der Waals surface area (Å²) in [4.78, 5) is 42.4. The molecule has 0 spiro atoms. The number of nitrogens with zero attached hydrogens (tertiary/aromatic N) is 8.